The molecule has 0 aliphatic carbocycles. The van der Waals surface area contributed by atoms with Crippen molar-refractivity contribution in [2.45, 2.75) is 27.3 Å². The van der Waals surface area contributed by atoms with E-state index in [0.717, 1.165) is 23.5 Å². The average Bonchev–Trinajstić information content (AvgIpc) is 2.73. The molecular weight excluding hydrogens is 266 g/mol. The van der Waals surface area contributed by atoms with Gasteiger partial charge in [-0.1, -0.05) is 6.07 Å². The highest BCUT2D eigenvalue weighted by Crippen LogP contribution is 2.13. The van der Waals surface area contributed by atoms with Crippen LogP contribution in [0.2, 0.25) is 0 Å². The fourth-order valence-electron chi connectivity index (χ4n) is 2.32. The predicted molar refractivity (Wildman–Crippen MR) is 82.7 cm³/mol. The van der Waals surface area contributed by atoms with Crippen LogP contribution in [0, 0.1) is 13.8 Å². The van der Waals surface area contributed by atoms with Gasteiger partial charge in [0.05, 0.1) is 6.21 Å². The molecule has 0 bridgehead atoms. The number of hydrogen-bond donors (Lipinski definition) is 2. The van der Waals surface area contributed by atoms with Crippen LogP contribution in [0.3, 0.4) is 0 Å². The summed E-state index contributed by atoms with van der Waals surface area (Å²) in [5, 5.41) is 13.3. The number of nitrogens with zero attached hydrogens (tertiary/aromatic N) is 2. The molecule has 0 fully saturated rings. The number of carbonyl (C=O) groups excluding carboxylic acids is 1. The van der Waals surface area contributed by atoms with Gasteiger partial charge in [0.25, 0.3) is 5.91 Å². The molecule has 0 radical (unpaired) electrons. The first-order chi connectivity index (χ1) is 10.0. The first-order valence-electron chi connectivity index (χ1n) is 6.82. The molecular formula is C16H19N3O2. The molecule has 2 rings (SSSR count). The maximum Gasteiger partial charge on any atom is 0.271 e. The summed E-state index contributed by atoms with van der Waals surface area (Å²) in [6.07, 6.45) is 1.63. The highest BCUT2D eigenvalue weighted by atomic mass is 16.3. The summed E-state index contributed by atoms with van der Waals surface area (Å²) < 4.78 is 2.18. The molecule has 1 heterocycles. The summed E-state index contributed by atoms with van der Waals surface area (Å²) >= 11 is 0. The molecule has 0 atom stereocenters. The number of aromatic hydroxyl groups is 1. The van der Waals surface area contributed by atoms with E-state index in [1.54, 1.807) is 18.3 Å². The van der Waals surface area contributed by atoms with Crippen molar-refractivity contribution in [2.75, 3.05) is 0 Å². The first-order valence-corrected chi connectivity index (χ1v) is 6.82. The lowest BCUT2D eigenvalue weighted by Gasteiger charge is -2.04. The van der Waals surface area contributed by atoms with Gasteiger partial charge < -0.3 is 9.67 Å². The molecule has 1 amide bonds. The zero-order valence-corrected chi connectivity index (χ0v) is 12.4. The lowest BCUT2D eigenvalue weighted by molar-refractivity contribution is 0.0954. The van der Waals surface area contributed by atoms with Crippen molar-refractivity contribution in [2.24, 2.45) is 5.10 Å². The van der Waals surface area contributed by atoms with E-state index >= 15 is 0 Å². The molecule has 21 heavy (non-hydrogen) atoms. The largest absolute Gasteiger partial charge is 0.508 e. The van der Waals surface area contributed by atoms with Crippen LogP contribution in [-0.4, -0.2) is 21.8 Å². The highest BCUT2D eigenvalue weighted by molar-refractivity contribution is 5.95. The Morgan fingerprint density at radius 3 is 2.76 bits per heavy atom. The monoisotopic (exact) mass is 285 g/mol. The number of aromatic nitrogens is 1. The lowest BCUT2D eigenvalue weighted by atomic mass is 10.2. The number of carbonyl (C=O) groups is 1. The van der Waals surface area contributed by atoms with E-state index in [9.17, 15) is 9.90 Å². The normalized spacial score (nSPS) is 11.0. The van der Waals surface area contributed by atoms with Crippen LogP contribution in [-0.2, 0) is 6.54 Å². The molecule has 0 saturated heterocycles. The Morgan fingerprint density at radius 1 is 1.38 bits per heavy atom. The SMILES string of the molecule is CCn1c(C)cc(/C=N/NC(=O)c2cccc(O)c2)c1C. The molecule has 5 nitrogen and oxygen atoms in total. The molecule has 1 aromatic heterocycles. The Kier molecular flexibility index (Phi) is 4.42. The number of phenols is 1. The van der Waals surface area contributed by atoms with Crippen LogP contribution in [0.4, 0.5) is 0 Å². The van der Waals surface area contributed by atoms with Crippen LogP contribution in [0.5, 0.6) is 5.75 Å². The first kappa shape index (κ1) is 14.8. The Balaban J connectivity index is 2.07. The fraction of sp³-hybridized carbons (Fsp3) is 0.250. The minimum Gasteiger partial charge on any atom is -0.508 e. The van der Waals surface area contributed by atoms with Crippen LogP contribution in [0.1, 0.15) is 34.2 Å². The Hall–Kier alpha value is -2.56. The van der Waals surface area contributed by atoms with E-state index in [2.05, 4.69) is 22.0 Å². The van der Waals surface area contributed by atoms with Gasteiger partial charge in [-0.05, 0) is 45.0 Å². The van der Waals surface area contributed by atoms with Gasteiger partial charge in [0.15, 0.2) is 0 Å². The van der Waals surface area contributed by atoms with Crippen LogP contribution < -0.4 is 5.43 Å². The molecule has 0 spiro atoms. The number of nitrogens with one attached hydrogen (secondary N) is 1. The molecule has 0 unspecified atom stereocenters. The van der Waals surface area contributed by atoms with Crippen molar-refractivity contribution in [3.63, 3.8) is 0 Å². The molecule has 110 valence electrons. The van der Waals surface area contributed by atoms with Gasteiger partial charge in [0, 0.05) is 29.1 Å². The van der Waals surface area contributed by atoms with E-state index < -0.39 is 0 Å². The smallest absolute Gasteiger partial charge is 0.271 e. The Bertz CT molecular complexity index is 687. The number of hydrazone groups is 1. The Labute approximate surface area is 123 Å². The lowest BCUT2D eigenvalue weighted by Crippen LogP contribution is -2.17. The van der Waals surface area contributed by atoms with Crippen molar-refractivity contribution in [1.82, 2.24) is 9.99 Å². The standard InChI is InChI=1S/C16H19N3O2/c1-4-19-11(2)8-14(12(19)3)10-17-18-16(21)13-6-5-7-15(20)9-13/h5-10,20H,4H2,1-3H3,(H,18,21)/b17-10+. The zero-order valence-electron chi connectivity index (χ0n) is 12.4. The van der Waals surface area contributed by atoms with Crippen LogP contribution in [0.25, 0.3) is 0 Å². The Morgan fingerprint density at radius 2 is 2.14 bits per heavy atom. The zero-order chi connectivity index (χ0) is 15.4. The van der Waals surface area contributed by atoms with Gasteiger partial charge >= 0.3 is 0 Å². The van der Waals surface area contributed by atoms with Crippen molar-refractivity contribution in [3.8, 4) is 5.75 Å². The summed E-state index contributed by atoms with van der Waals surface area (Å²) in [7, 11) is 0. The molecule has 1 aromatic carbocycles. The second-order valence-electron chi connectivity index (χ2n) is 4.82. The summed E-state index contributed by atoms with van der Waals surface area (Å²) in [5.74, 6) is -0.301. The third kappa shape index (κ3) is 3.31. The van der Waals surface area contributed by atoms with E-state index in [0.29, 0.717) is 5.56 Å². The topological polar surface area (TPSA) is 66.6 Å². The number of amides is 1. The minimum atomic E-state index is -0.355. The molecule has 2 aromatic rings. The van der Waals surface area contributed by atoms with Crippen molar-refractivity contribution < 1.29 is 9.90 Å². The van der Waals surface area contributed by atoms with Gasteiger partial charge in [-0.15, -0.1) is 0 Å². The highest BCUT2D eigenvalue weighted by Gasteiger charge is 2.07. The fourth-order valence-corrected chi connectivity index (χ4v) is 2.32. The van der Waals surface area contributed by atoms with Gasteiger partial charge in [0.2, 0.25) is 0 Å². The number of benzene rings is 1. The molecule has 0 saturated carbocycles. The summed E-state index contributed by atoms with van der Waals surface area (Å²) in [5.41, 5.74) is 6.08. The molecule has 5 heteroatoms. The number of rotatable bonds is 4. The maximum atomic E-state index is 11.9. The van der Waals surface area contributed by atoms with Gasteiger partial charge in [-0.2, -0.15) is 5.10 Å². The van der Waals surface area contributed by atoms with E-state index in [-0.39, 0.29) is 11.7 Å². The summed E-state index contributed by atoms with van der Waals surface area (Å²) in [6.45, 7) is 7.06. The minimum absolute atomic E-state index is 0.0538. The van der Waals surface area contributed by atoms with Crippen LogP contribution >= 0.6 is 0 Å². The van der Waals surface area contributed by atoms with E-state index in [1.165, 1.54) is 12.1 Å². The quantitative estimate of drug-likeness (QED) is 0.670. The van der Waals surface area contributed by atoms with Crippen molar-refractivity contribution in [3.05, 3.63) is 52.8 Å². The van der Waals surface area contributed by atoms with Crippen molar-refractivity contribution in [1.29, 1.82) is 0 Å². The summed E-state index contributed by atoms with van der Waals surface area (Å²) in [6, 6.07) is 8.17. The molecule has 0 aliphatic rings. The molecule has 2 N–H and O–H groups in total. The third-order valence-corrected chi connectivity index (χ3v) is 3.41. The van der Waals surface area contributed by atoms with E-state index in [1.807, 2.05) is 19.9 Å². The number of hydrogen-bond acceptors (Lipinski definition) is 3. The summed E-state index contributed by atoms with van der Waals surface area (Å²) in [4.78, 5) is 11.9. The second-order valence-corrected chi connectivity index (χ2v) is 4.82. The average molecular weight is 285 g/mol. The third-order valence-electron chi connectivity index (χ3n) is 3.41. The van der Waals surface area contributed by atoms with E-state index in [4.69, 9.17) is 0 Å². The van der Waals surface area contributed by atoms with Gasteiger partial charge in [-0.25, -0.2) is 5.43 Å². The molecule has 0 aliphatic heterocycles. The van der Waals surface area contributed by atoms with Crippen molar-refractivity contribution >= 4 is 12.1 Å². The van der Waals surface area contributed by atoms with Gasteiger partial charge in [-0.3, -0.25) is 4.79 Å². The number of phenolic OH excluding ortho intramolecular Hbond substituents is 1. The van der Waals surface area contributed by atoms with Crippen LogP contribution in [0.15, 0.2) is 35.4 Å². The predicted octanol–water partition coefficient (Wildman–Crippen LogP) is 2.59. The van der Waals surface area contributed by atoms with Gasteiger partial charge in [0.1, 0.15) is 5.75 Å². The second kappa shape index (κ2) is 6.26. The number of aryl methyl sites for hydroxylation is 1. The maximum absolute atomic E-state index is 11.9.